The topological polar surface area (TPSA) is 84.9 Å². The second-order valence-electron chi connectivity index (χ2n) is 6.19. The highest BCUT2D eigenvalue weighted by Crippen LogP contribution is 2.32. The molecule has 1 amide bonds. The molecule has 132 valence electrons. The van der Waals surface area contributed by atoms with Crippen molar-refractivity contribution in [3.8, 4) is 11.5 Å². The van der Waals surface area contributed by atoms with Gasteiger partial charge in [0.05, 0.1) is 11.5 Å². The summed E-state index contributed by atoms with van der Waals surface area (Å²) in [6.45, 7) is 1.55. The van der Waals surface area contributed by atoms with Gasteiger partial charge in [-0.3, -0.25) is 4.79 Å². The molecule has 1 aromatic carbocycles. The molecule has 1 N–H and O–H groups in total. The summed E-state index contributed by atoms with van der Waals surface area (Å²) in [5.41, 5.74) is 0.662. The van der Waals surface area contributed by atoms with E-state index in [1.54, 1.807) is 18.2 Å². The number of nitrogens with zero attached hydrogens (tertiary/aromatic N) is 1. The minimum absolute atomic E-state index is 0.0112. The molecule has 0 saturated carbocycles. The van der Waals surface area contributed by atoms with E-state index in [9.17, 15) is 13.2 Å². The van der Waals surface area contributed by atoms with Crippen LogP contribution in [0.25, 0.3) is 0 Å². The number of rotatable bonds is 5. The number of carbonyl (C=O) groups excluding carboxylic acids is 1. The summed E-state index contributed by atoms with van der Waals surface area (Å²) in [6, 6.07) is 5.31. The molecule has 1 saturated heterocycles. The summed E-state index contributed by atoms with van der Waals surface area (Å²) >= 11 is 0. The largest absolute Gasteiger partial charge is 0.486 e. The van der Waals surface area contributed by atoms with E-state index in [0.717, 1.165) is 0 Å². The molecular formula is C16H22N2O5S. The smallest absolute Gasteiger partial charge is 0.225 e. The van der Waals surface area contributed by atoms with Crippen LogP contribution in [0.4, 0.5) is 5.69 Å². The van der Waals surface area contributed by atoms with Gasteiger partial charge in [0.15, 0.2) is 21.3 Å². The first-order valence-corrected chi connectivity index (χ1v) is 9.85. The first-order chi connectivity index (χ1) is 11.4. The Morgan fingerprint density at radius 2 is 2.04 bits per heavy atom. The van der Waals surface area contributed by atoms with Crippen molar-refractivity contribution in [2.45, 2.75) is 18.9 Å². The molecule has 0 aromatic heterocycles. The van der Waals surface area contributed by atoms with Crippen molar-refractivity contribution in [2.75, 3.05) is 43.6 Å². The normalized spacial score (nSPS) is 21.7. The van der Waals surface area contributed by atoms with Crippen LogP contribution in [0.3, 0.4) is 0 Å². The monoisotopic (exact) mass is 354 g/mol. The molecule has 1 atom stereocenters. The van der Waals surface area contributed by atoms with E-state index in [2.05, 4.69) is 5.32 Å². The zero-order chi connectivity index (χ0) is 17.2. The molecule has 0 bridgehead atoms. The summed E-state index contributed by atoms with van der Waals surface area (Å²) in [4.78, 5) is 14.1. The maximum absolute atomic E-state index is 12.1. The molecule has 2 aliphatic heterocycles. The van der Waals surface area contributed by atoms with Crippen molar-refractivity contribution in [1.82, 2.24) is 4.90 Å². The Labute approximate surface area is 141 Å². The Balaban J connectivity index is 1.49. The van der Waals surface area contributed by atoms with Gasteiger partial charge in [0, 0.05) is 30.8 Å². The molecule has 24 heavy (non-hydrogen) atoms. The highest BCUT2D eigenvalue weighted by molar-refractivity contribution is 7.91. The highest BCUT2D eigenvalue weighted by atomic mass is 32.2. The Hall–Kier alpha value is -1.80. The molecule has 0 spiro atoms. The number of nitrogens with one attached hydrogen (secondary N) is 1. The van der Waals surface area contributed by atoms with Crippen LogP contribution >= 0.6 is 0 Å². The number of fused-ring (bicyclic) bond motifs is 1. The van der Waals surface area contributed by atoms with Crippen LogP contribution in [-0.4, -0.2) is 63.6 Å². The standard InChI is InChI=1S/C16H22N2O5S/c1-18(13-5-9-24(20,21)11-13)6-4-16(19)17-12-2-3-14-15(10-12)23-8-7-22-14/h2-3,10,13H,4-9,11H2,1H3,(H,17,19). The van der Waals surface area contributed by atoms with Gasteiger partial charge in [-0.1, -0.05) is 0 Å². The van der Waals surface area contributed by atoms with E-state index in [0.29, 0.717) is 49.8 Å². The van der Waals surface area contributed by atoms with Crippen molar-refractivity contribution >= 4 is 21.4 Å². The average molecular weight is 354 g/mol. The van der Waals surface area contributed by atoms with Crippen molar-refractivity contribution in [2.24, 2.45) is 0 Å². The van der Waals surface area contributed by atoms with Gasteiger partial charge in [0.25, 0.3) is 0 Å². The van der Waals surface area contributed by atoms with Crippen molar-refractivity contribution in [3.63, 3.8) is 0 Å². The number of ether oxygens (including phenoxy) is 2. The van der Waals surface area contributed by atoms with Crippen LogP contribution in [0.5, 0.6) is 11.5 Å². The quantitative estimate of drug-likeness (QED) is 0.846. The zero-order valence-electron chi connectivity index (χ0n) is 13.7. The Morgan fingerprint density at radius 1 is 1.29 bits per heavy atom. The molecule has 0 aliphatic carbocycles. The summed E-state index contributed by atoms with van der Waals surface area (Å²) in [5.74, 6) is 1.63. The lowest BCUT2D eigenvalue weighted by molar-refractivity contribution is -0.116. The number of hydrogen-bond acceptors (Lipinski definition) is 6. The van der Waals surface area contributed by atoms with Crippen molar-refractivity contribution < 1.29 is 22.7 Å². The number of carbonyl (C=O) groups is 1. The predicted molar refractivity (Wildman–Crippen MR) is 90.4 cm³/mol. The van der Waals surface area contributed by atoms with Gasteiger partial charge in [-0.2, -0.15) is 0 Å². The van der Waals surface area contributed by atoms with Crippen LogP contribution in [0.15, 0.2) is 18.2 Å². The number of hydrogen-bond donors (Lipinski definition) is 1. The minimum atomic E-state index is -2.90. The number of amides is 1. The molecule has 0 radical (unpaired) electrons. The predicted octanol–water partition coefficient (Wildman–Crippen LogP) is 0.905. The van der Waals surface area contributed by atoms with Crippen LogP contribution in [-0.2, 0) is 14.6 Å². The first kappa shape index (κ1) is 17.0. The van der Waals surface area contributed by atoms with Gasteiger partial charge in [-0.05, 0) is 25.6 Å². The summed E-state index contributed by atoms with van der Waals surface area (Å²) < 4.78 is 34.0. The van der Waals surface area contributed by atoms with Gasteiger partial charge >= 0.3 is 0 Å². The molecule has 1 fully saturated rings. The molecule has 7 nitrogen and oxygen atoms in total. The first-order valence-electron chi connectivity index (χ1n) is 8.03. The van der Waals surface area contributed by atoms with Crippen molar-refractivity contribution in [1.29, 1.82) is 0 Å². The SMILES string of the molecule is CN(CCC(=O)Nc1ccc2c(c1)OCCO2)C1CCS(=O)(=O)C1. The lowest BCUT2D eigenvalue weighted by Crippen LogP contribution is -2.35. The maximum Gasteiger partial charge on any atom is 0.225 e. The van der Waals surface area contributed by atoms with E-state index in [4.69, 9.17) is 9.47 Å². The third-order valence-corrected chi connectivity index (χ3v) is 6.10. The van der Waals surface area contributed by atoms with Crippen LogP contribution in [0.1, 0.15) is 12.8 Å². The lowest BCUT2D eigenvalue weighted by Gasteiger charge is -2.22. The second-order valence-corrected chi connectivity index (χ2v) is 8.42. The fourth-order valence-corrected chi connectivity index (χ4v) is 4.73. The van der Waals surface area contributed by atoms with Gasteiger partial charge in [-0.25, -0.2) is 8.42 Å². The number of anilines is 1. The van der Waals surface area contributed by atoms with E-state index >= 15 is 0 Å². The van der Waals surface area contributed by atoms with Crippen LogP contribution in [0, 0.1) is 0 Å². The van der Waals surface area contributed by atoms with Crippen LogP contribution < -0.4 is 14.8 Å². The molecule has 1 unspecified atom stereocenters. The minimum Gasteiger partial charge on any atom is -0.486 e. The Kier molecular flexibility index (Phi) is 4.96. The number of sulfone groups is 1. The maximum atomic E-state index is 12.1. The summed E-state index contributed by atoms with van der Waals surface area (Å²) in [7, 11) is -1.04. The lowest BCUT2D eigenvalue weighted by atomic mass is 10.2. The number of benzene rings is 1. The molecule has 8 heteroatoms. The summed E-state index contributed by atoms with van der Waals surface area (Å²) in [6.07, 6.45) is 0.949. The van der Waals surface area contributed by atoms with Gasteiger partial charge < -0.3 is 19.7 Å². The molecular weight excluding hydrogens is 332 g/mol. The third kappa shape index (κ3) is 4.18. The highest BCUT2D eigenvalue weighted by Gasteiger charge is 2.30. The molecule has 3 rings (SSSR count). The molecule has 2 heterocycles. The van der Waals surface area contributed by atoms with E-state index in [1.165, 1.54) is 0 Å². The summed E-state index contributed by atoms with van der Waals surface area (Å²) in [5, 5.41) is 2.83. The van der Waals surface area contributed by atoms with Gasteiger partial charge in [0.2, 0.25) is 5.91 Å². The van der Waals surface area contributed by atoms with E-state index in [1.807, 2.05) is 11.9 Å². The average Bonchev–Trinajstić information content (AvgIpc) is 2.92. The van der Waals surface area contributed by atoms with Crippen LogP contribution in [0.2, 0.25) is 0 Å². The second kappa shape index (κ2) is 6.98. The molecule has 2 aliphatic rings. The fourth-order valence-electron chi connectivity index (χ4n) is 2.93. The Morgan fingerprint density at radius 3 is 2.75 bits per heavy atom. The Bertz CT molecular complexity index is 719. The van der Waals surface area contributed by atoms with Crippen molar-refractivity contribution in [3.05, 3.63) is 18.2 Å². The fraction of sp³-hybridized carbons (Fsp3) is 0.562. The zero-order valence-corrected chi connectivity index (χ0v) is 14.5. The molecule has 1 aromatic rings. The van der Waals surface area contributed by atoms with Gasteiger partial charge in [-0.15, -0.1) is 0 Å². The van der Waals surface area contributed by atoms with Gasteiger partial charge in [0.1, 0.15) is 13.2 Å². The van der Waals surface area contributed by atoms with E-state index < -0.39 is 9.84 Å². The third-order valence-electron chi connectivity index (χ3n) is 4.35. The van der Waals surface area contributed by atoms with E-state index in [-0.39, 0.29) is 23.5 Å².